The van der Waals surface area contributed by atoms with Crippen LogP contribution in [0.3, 0.4) is 0 Å². The summed E-state index contributed by atoms with van der Waals surface area (Å²) in [5.41, 5.74) is 0.223. The summed E-state index contributed by atoms with van der Waals surface area (Å²) in [4.78, 5) is 0. The fraction of sp³-hybridized carbons (Fsp3) is 1.00. The molecule has 2 saturated carbocycles. The van der Waals surface area contributed by atoms with Crippen molar-refractivity contribution in [1.82, 2.24) is 0 Å². The first-order chi connectivity index (χ1) is 8.16. The van der Waals surface area contributed by atoms with Crippen LogP contribution >= 0.6 is 0 Å². The average molecular weight is 240 g/mol. The van der Waals surface area contributed by atoms with Crippen molar-refractivity contribution in [3.63, 3.8) is 0 Å². The van der Waals surface area contributed by atoms with Crippen molar-refractivity contribution in [3.8, 4) is 0 Å². The van der Waals surface area contributed by atoms with E-state index in [0.29, 0.717) is 6.61 Å². The maximum absolute atomic E-state index is 9.73. The highest BCUT2D eigenvalue weighted by atomic mass is 16.5. The molecule has 0 aromatic carbocycles. The predicted octanol–water partition coefficient (Wildman–Crippen LogP) is 3.24. The van der Waals surface area contributed by atoms with Crippen molar-refractivity contribution in [2.24, 2.45) is 23.2 Å². The van der Waals surface area contributed by atoms with Gasteiger partial charge in [-0.15, -0.1) is 0 Å². The van der Waals surface area contributed by atoms with Crippen molar-refractivity contribution < 1.29 is 9.84 Å². The van der Waals surface area contributed by atoms with Gasteiger partial charge in [0, 0.05) is 19.8 Å². The van der Waals surface area contributed by atoms with E-state index < -0.39 is 0 Å². The van der Waals surface area contributed by atoms with Crippen molar-refractivity contribution in [1.29, 1.82) is 0 Å². The maximum Gasteiger partial charge on any atom is 0.0491 e. The lowest BCUT2D eigenvalue weighted by atomic mass is 9.71. The normalized spacial score (nSPS) is 36.0. The van der Waals surface area contributed by atoms with E-state index in [-0.39, 0.29) is 5.41 Å². The summed E-state index contributed by atoms with van der Waals surface area (Å²) in [6, 6.07) is 0. The van der Waals surface area contributed by atoms with Crippen LogP contribution in [0.25, 0.3) is 0 Å². The lowest BCUT2D eigenvalue weighted by Crippen LogP contribution is -2.33. The Balaban J connectivity index is 1.70. The van der Waals surface area contributed by atoms with Gasteiger partial charge >= 0.3 is 0 Å². The van der Waals surface area contributed by atoms with Gasteiger partial charge in [-0.3, -0.25) is 0 Å². The van der Waals surface area contributed by atoms with E-state index in [0.717, 1.165) is 43.8 Å². The van der Waals surface area contributed by atoms with Crippen LogP contribution in [0, 0.1) is 23.2 Å². The highest BCUT2D eigenvalue weighted by Crippen LogP contribution is 2.57. The second-order valence-corrected chi connectivity index (χ2v) is 6.65. The largest absolute Gasteiger partial charge is 0.396 e. The van der Waals surface area contributed by atoms with Crippen molar-refractivity contribution in [3.05, 3.63) is 0 Å². The Morgan fingerprint density at radius 3 is 2.65 bits per heavy atom. The standard InChI is InChI=1S/C15H28O2/c1-12(2)5-7-17-8-6-15(11-16)10-13-3-4-14(15)9-13/h12-14,16H,3-11H2,1-2H3. The summed E-state index contributed by atoms with van der Waals surface area (Å²) in [6.07, 6.45) is 7.59. The zero-order valence-electron chi connectivity index (χ0n) is 11.5. The third-order valence-electron chi connectivity index (χ3n) is 5.00. The monoisotopic (exact) mass is 240 g/mol. The molecule has 2 heteroatoms. The molecule has 0 spiro atoms. The zero-order chi connectivity index (χ0) is 12.3. The fourth-order valence-electron chi connectivity index (χ4n) is 3.83. The molecule has 3 atom stereocenters. The number of ether oxygens (including phenoxy) is 1. The van der Waals surface area contributed by atoms with Crippen LogP contribution in [0.15, 0.2) is 0 Å². The lowest BCUT2D eigenvalue weighted by Gasteiger charge is -2.36. The van der Waals surface area contributed by atoms with Gasteiger partial charge in [-0.2, -0.15) is 0 Å². The molecule has 2 aliphatic carbocycles. The molecule has 17 heavy (non-hydrogen) atoms. The van der Waals surface area contributed by atoms with Crippen LogP contribution in [-0.2, 0) is 4.74 Å². The Morgan fingerprint density at radius 2 is 2.12 bits per heavy atom. The van der Waals surface area contributed by atoms with Crippen molar-refractivity contribution >= 4 is 0 Å². The minimum atomic E-state index is 0.223. The number of rotatable bonds is 7. The third kappa shape index (κ3) is 3.03. The summed E-state index contributed by atoms with van der Waals surface area (Å²) in [5.74, 6) is 2.42. The third-order valence-corrected chi connectivity index (χ3v) is 5.00. The van der Waals surface area contributed by atoms with E-state index in [9.17, 15) is 5.11 Å². The molecule has 0 aromatic rings. The van der Waals surface area contributed by atoms with Gasteiger partial charge in [-0.1, -0.05) is 20.3 Å². The molecule has 0 aliphatic heterocycles. The van der Waals surface area contributed by atoms with E-state index >= 15 is 0 Å². The van der Waals surface area contributed by atoms with Gasteiger partial charge in [-0.05, 0) is 55.3 Å². The fourth-order valence-corrected chi connectivity index (χ4v) is 3.83. The molecule has 2 fully saturated rings. The number of aliphatic hydroxyl groups excluding tert-OH is 1. The molecule has 2 aliphatic rings. The Hall–Kier alpha value is -0.0800. The van der Waals surface area contributed by atoms with Crippen LogP contribution in [0.4, 0.5) is 0 Å². The Morgan fingerprint density at radius 1 is 1.29 bits per heavy atom. The maximum atomic E-state index is 9.73. The van der Waals surface area contributed by atoms with Crippen LogP contribution in [0.2, 0.25) is 0 Å². The molecule has 100 valence electrons. The second-order valence-electron chi connectivity index (χ2n) is 6.65. The Labute approximate surface area is 106 Å². The van der Waals surface area contributed by atoms with E-state index in [2.05, 4.69) is 13.8 Å². The summed E-state index contributed by atoms with van der Waals surface area (Å²) < 4.78 is 5.73. The molecule has 0 amide bonds. The van der Waals surface area contributed by atoms with Crippen LogP contribution in [-0.4, -0.2) is 24.9 Å². The van der Waals surface area contributed by atoms with Gasteiger partial charge in [0.1, 0.15) is 0 Å². The van der Waals surface area contributed by atoms with Gasteiger partial charge in [0.05, 0.1) is 0 Å². The van der Waals surface area contributed by atoms with Gasteiger partial charge in [0.2, 0.25) is 0 Å². The molecule has 0 saturated heterocycles. The molecular formula is C15H28O2. The topological polar surface area (TPSA) is 29.5 Å². The molecule has 0 aromatic heterocycles. The molecule has 2 nitrogen and oxygen atoms in total. The molecule has 0 heterocycles. The molecule has 3 unspecified atom stereocenters. The molecule has 0 radical (unpaired) electrons. The SMILES string of the molecule is CC(C)CCOCCC1(CO)CC2CCC1C2. The minimum absolute atomic E-state index is 0.223. The van der Waals surface area contributed by atoms with E-state index in [1.54, 1.807) is 0 Å². The summed E-state index contributed by atoms with van der Waals surface area (Å²) in [6.45, 7) is 6.56. The quantitative estimate of drug-likeness (QED) is 0.692. The van der Waals surface area contributed by atoms with Gasteiger partial charge in [0.15, 0.2) is 0 Å². The van der Waals surface area contributed by atoms with Crippen LogP contribution in [0.5, 0.6) is 0 Å². The number of hydrogen-bond acceptors (Lipinski definition) is 2. The van der Waals surface area contributed by atoms with Crippen LogP contribution in [0.1, 0.15) is 52.4 Å². The molecular weight excluding hydrogens is 212 g/mol. The van der Waals surface area contributed by atoms with Gasteiger partial charge < -0.3 is 9.84 Å². The lowest BCUT2D eigenvalue weighted by molar-refractivity contribution is 0.0175. The molecule has 2 bridgehead atoms. The highest BCUT2D eigenvalue weighted by molar-refractivity contribution is 4.99. The average Bonchev–Trinajstić information content (AvgIpc) is 2.88. The van der Waals surface area contributed by atoms with Gasteiger partial charge in [0.25, 0.3) is 0 Å². The summed E-state index contributed by atoms with van der Waals surface area (Å²) in [7, 11) is 0. The first-order valence-corrected chi connectivity index (χ1v) is 7.35. The number of hydrogen-bond donors (Lipinski definition) is 1. The first-order valence-electron chi connectivity index (χ1n) is 7.35. The second kappa shape index (κ2) is 5.71. The predicted molar refractivity (Wildman–Crippen MR) is 69.9 cm³/mol. The van der Waals surface area contributed by atoms with Crippen molar-refractivity contribution in [2.45, 2.75) is 52.4 Å². The number of aliphatic hydroxyl groups is 1. The van der Waals surface area contributed by atoms with E-state index in [4.69, 9.17) is 4.74 Å². The molecule has 2 rings (SSSR count). The Bertz CT molecular complexity index is 239. The van der Waals surface area contributed by atoms with E-state index in [1.165, 1.54) is 25.7 Å². The number of fused-ring (bicyclic) bond motifs is 2. The smallest absolute Gasteiger partial charge is 0.0491 e. The highest BCUT2D eigenvalue weighted by Gasteiger charge is 2.49. The molecule has 1 N–H and O–H groups in total. The Kier molecular flexibility index (Phi) is 4.48. The summed E-state index contributed by atoms with van der Waals surface area (Å²) >= 11 is 0. The van der Waals surface area contributed by atoms with Crippen molar-refractivity contribution in [2.75, 3.05) is 19.8 Å². The summed E-state index contributed by atoms with van der Waals surface area (Å²) in [5, 5.41) is 9.73. The first kappa shape index (κ1) is 13.4. The van der Waals surface area contributed by atoms with Crippen LogP contribution < -0.4 is 0 Å². The zero-order valence-corrected chi connectivity index (χ0v) is 11.5. The minimum Gasteiger partial charge on any atom is -0.396 e. The van der Waals surface area contributed by atoms with E-state index in [1.807, 2.05) is 0 Å². The van der Waals surface area contributed by atoms with Gasteiger partial charge in [-0.25, -0.2) is 0 Å².